The Balaban J connectivity index is 1.79. The average molecular weight is 407 g/mol. The third-order valence-corrected chi connectivity index (χ3v) is 4.48. The lowest BCUT2D eigenvalue weighted by molar-refractivity contribution is 0.477. The number of aromatic hydroxyl groups is 1. The van der Waals surface area contributed by atoms with Crippen molar-refractivity contribution < 1.29 is 5.11 Å². The van der Waals surface area contributed by atoms with E-state index >= 15 is 0 Å². The van der Waals surface area contributed by atoms with Crippen molar-refractivity contribution in [2.75, 3.05) is 5.32 Å². The molecule has 0 atom stereocenters. The van der Waals surface area contributed by atoms with Crippen LogP contribution in [-0.4, -0.2) is 20.1 Å². The first kappa shape index (κ1) is 16.5. The third kappa shape index (κ3) is 3.36. The number of benzene rings is 2. The predicted molar refractivity (Wildman–Crippen MR) is 106 cm³/mol. The van der Waals surface area contributed by atoms with Gasteiger partial charge in [0, 0.05) is 28.8 Å². The number of nitrogens with zero attached hydrogens (tertiary/aromatic N) is 3. The number of anilines is 1. The summed E-state index contributed by atoms with van der Waals surface area (Å²) in [5.74, 6) is 1.33. The van der Waals surface area contributed by atoms with Gasteiger partial charge in [-0.2, -0.15) is 0 Å². The highest BCUT2D eigenvalue weighted by atomic mass is 79.9. The molecule has 0 aliphatic rings. The Morgan fingerprint density at radius 3 is 2.73 bits per heavy atom. The maximum absolute atomic E-state index is 10.2. The van der Waals surface area contributed by atoms with Crippen LogP contribution in [0.3, 0.4) is 0 Å². The Morgan fingerprint density at radius 1 is 1.00 bits per heavy atom. The summed E-state index contributed by atoms with van der Waals surface area (Å²) >= 11 is 3.43. The van der Waals surface area contributed by atoms with Crippen LogP contribution in [0, 0.1) is 0 Å². The fourth-order valence-corrected chi connectivity index (χ4v) is 3.07. The van der Waals surface area contributed by atoms with E-state index in [4.69, 9.17) is 0 Å². The normalized spacial score (nSPS) is 10.8. The van der Waals surface area contributed by atoms with E-state index in [9.17, 15) is 5.11 Å². The minimum atomic E-state index is 0.140. The molecule has 0 aliphatic carbocycles. The van der Waals surface area contributed by atoms with Crippen molar-refractivity contribution in [3.05, 3.63) is 77.0 Å². The molecule has 26 heavy (non-hydrogen) atoms. The molecule has 2 N–H and O–H groups in total. The molecule has 6 heteroatoms. The maximum Gasteiger partial charge on any atom is 0.165 e. The molecular formula is C20H15BrN4O. The first-order valence-corrected chi connectivity index (χ1v) is 8.88. The van der Waals surface area contributed by atoms with Gasteiger partial charge in [0.15, 0.2) is 5.82 Å². The summed E-state index contributed by atoms with van der Waals surface area (Å²) in [6.45, 7) is 0.596. The van der Waals surface area contributed by atoms with Crippen LogP contribution in [-0.2, 0) is 6.54 Å². The molecule has 128 valence electrons. The van der Waals surface area contributed by atoms with Gasteiger partial charge in [-0.05, 0) is 42.0 Å². The first-order valence-electron chi connectivity index (χ1n) is 8.09. The molecule has 0 amide bonds. The smallest absolute Gasteiger partial charge is 0.165 e. The number of para-hydroxylation sites is 1. The second-order valence-corrected chi connectivity index (χ2v) is 6.70. The van der Waals surface area contributed by atoms with Crippen molar-refractivity contribution in [1.29, 1.82) is 0 Å². The first-order chi connectivity index (χ1) is 12.7. The van der Waals surface area contributed by atoms with Crippen LogP contribution < -0.4 is 5.32 Å². The van der Waals surface area contributed by atoms with E-state index < -0.39 is 0 Å². The van der Waals surface area contributed by atoms with Crippen LogP contribution in [0.2, 0.25) is 0 Å². The summed E-state index contributed by atoms with van der Waals surface area (Å²) in [6.07, 6.45) is 3.56. The van der Waals surface area contributed by atoms with Gasteiger partial charge in [-0.3, -0.25) is 4.98 Å². The second kappa shape index (κ2) is 7.09. The topological polar surface area (TPSA) is 70.9 Å². The molecule has 0 fully saturated rings. The molecule has 4 rings (SSSR count). The van der Waals surface area contributed by atoms with Crippen LogP contribution in [0.5, 0.6) is 5.75 Å². The lowest BCUT2D eigenvalue weighted by Crippen LogP contribution is -2.04. The third-order valence-electron chi connectivity index (χ3n) is 3.99. The predicted octanol–water partition coefficient (Wildman–Crippen LogP) is 4.77. The zero-order valence-corrected chi connectivity index (χ0v) is 15.3. The summed E-state index contributed by atoms with van der Waals surface area (Å²) in [7, 11) is 0. The van der Waals surface area contributed by atoms with Crippen LogP contribution in [0.25, 0.3) is 22.3 Å². The number of hydrogen-bond donors (Lipinski definition) is 2. The average Bonchev–Trinajstić information content (AvgIpc) is 2.68. The van der Waals surface area contributed by atoms with Gasteiger partial charge in [-0.15, -0.1) is 0 Å². The lowest BCUT2D eigenvalue weighted by Gasteiger charge is -2.12. The van der Waals surface area contributed by atoms with E-state index in [-0.39, 0.29) is 5.75 Å². The van der Waals surface area contributed by atoms with Crippen molar-refractivity contribution >= 4 is 32.7 Å². The minimum Gasteiger partial charge on any atom is -0.507 e. The summed E-state index contributed by atoms with van der Waals surface area (Å²) in [6, 6.07) is 16.9. The van der Waals surface area contributed by atoms with Gasteiger partial charge in [0.05, 0.1) is 11.1 Å². The van der Waals surface area contributed by atoms with Crippen molar-refractivity contribution in [1.82, 2.24) is 15.0 Å². The van der Waals surface area contributed by atoms with E-state index in [0.29, 0.717) is 23.8 Å². The molecular weight excluding hydrogens is 392 g/mol. The van der Waals surface area contributed by atoms with Crippen LogP contribution in [0.1, 0.15) is 5.56 Å². The molecule has 0 aliphatic heterocycles. The monoisotopic (exact) mass is 406 g/mol. The number of halogens is 1. The van der Waals surface area contributed by atoms with Gasteiger partial charge in [-0.25, -0.2) is 9.97 Å². The zero-order valence-electron chi connectivity index (χ0n) is 13.7. The maximum atomic E-state index is 10.2. The highest BCUT2D eigenvalue weighted by molar-refractivity contribution is 9.10. The summed E-state index contributed by atoms with van der Waals surface area (Å²) in [5, 5.41) is 14.5. The molecule has 2 heterocycles. The molecule has 0 saturated carbocycles. The number of nitrogens with one attached hydrogen (secondary N) is 1. The SMILES string of the molecule is Oc1ccc(Br)cc1-c1nc(NCc2cccnc2)c2ccccc2n1. The molecule has 0 saturated heterocycles. The summed E-state index contributed by atoms with van der Waals surface area (Å²) in [4.78, 5) is 13.4. The van der Waals surface area contributed by atoms with Crippen molar-refractivity contribution in [2.45, 2.75) is 6.54 Å². The number of fused-ring (bicyclic) bond motifs is 1. The van der Waals surface area contributed by atoms with Gasteiger partial charge in [0.1, 0.15) is 11.6 Å². The van der Waals surface area contributed by atoms with Gasteiger partial charge >= 0.3 is 0 Å². The fourth-order valence-electron chi connectivity index (χ4n) is 2.71. The van der Waals surface area contributed by atoms with E-state index in [0.717, 1.165) is 20.9 Å². The molecule has 0 unspecified atom stereocenters. The Bertz CT molecular complexity index is 1070. The fraction of sp³-hybridized carbons (Fsp3) is 0.0500. The Hall–Kier alpha value is -2.99. The molecule has 2 aromatic carbocycles. The van der Waals surface area contributed by atoms with Gasteiger partial charge in [0.25, 0.3) is 0 Å². The van der Waals surface area contributed by atoms with Crippen molar-refractivity contribution in [3.8, 4) is 17.1 Å². The molecule has 4 aromatic rings. The van der Waals surface area contributed by atoms with Gasteiger partial charge in [-0.1, -0.05) is 34.1 Å². The van der Waals surface area contributed by atoms with Crippen molar-refractivity contribution in [3.63, 3.8) is 0 Å². The number of aromatic nitrogens is 3. The molecule has 0 spiro atoms. The van der Waals surface area contributed by atoms with E-state index in [1.54, 1.807) is 18.3 Å². The molecule has 2 aromatic heterocycles. The van der Waals surface area contributed by atoms with E-state index in [2.05, 4.69) is 36.2 Å². The molecule has 0 bridgehead atoms. The number of phenolic OH excluding ortho intramolecular Hbond substituents is 1. The lowest BCUT2D eigenvalue weighted by atomic mass is 10.1. The summed E-state index contributed by atoms with van der Waals surface area (Å²) in [5.41, 5.74) is 2.45. The van der Waals surface area contributed by atoms with Crippen LogP contribution in [0.15, 0.2) is 71.5 Å². The second-order valence-electron chi connectivity index (χ2n) is 5.79. The number of hydrogen-bond acceptors (Lipinski definition) is 5. The highest BCUT2D eigenvalue weighted by Gasteiger charge is 2.13. The minimum absolute atomic E-state index is 0.140. The summed E-state index contributed by atoms with van der Waals surface area (Å²) < 4.78 is 0.854. The number of pyridine rings is 1. The largest absolute Gasteiger partial charge is 0.507 e. The Morgan fingerprint density at radius 2 is 1.88 bits per heavy atom. The highest BCUT2D eigenvalue weighted by Crippen LogP contribution is 2.32. The number of rotatable bonds is 4. The van der Waals surface area contributed by atoms with Crippen molar-refractivity contribution in [2.24, 2.45) is 0 Å². The Kier molecular flexibility index (Phi) is 4.50. The van der Waals surface area contributed by atoms with E-state index in [1.807, 2.05) is 48.7 Å². The molecule has 0 radical (unpaired) electrons. The van der Waals surface area contributed by atoms with Crippen LogP contribution >= 0.6 is 15.9 Å². The quantitative estimate of drug-likeness (QED) is 0.510. The zero-order chi connectivity index (χ0) is 17.9. The standard InChI is InChI=1S/C20H15BrN4O/c21-14-7-8-18(26)16(10-14)20-24-17-6-2-1-5-15(17)19(25-20)23-12-13-4-3-9-22-11-13/h1-11,26H,12H2,(H,23,24,25). The van der Waals surface area contributed by atoms with Gasteiger partial charge < -0.3 is 10.4 Å². The van der Waals surface area contributed by atoms with Gasteiger partial charge in [0.2, 0.25) is 0 Å². The van der Waals surface area contributed by atoms with E-state index in [1.165, 1.54) is 0 Å². The molecule has 5 nitrogen and oxygen atoms in total. The Labute approximate surface area is 158 Å². The number of phenols is 1. The van der Waals surface area contributed by atoms with Crippen LogP contribution in [0.4, 0.5) is 5.82 Å².